The summed E-state index contributed by atoms with van der Waals surface area (Å²) in [6.07, 6.45) is 41.4. The van der Waals surface area contributed by atoms with Crippen LogP contribution in [0.5, 0.6) is 0 Å². The van der Waals surface area contributed by atoms with Gasteiger partial charge in [0.2, 0.25) is 0 Å². The average molecular weight is 809 g/mol. The Hall–Kier alpha value is -6.76. The minimum Gasteiger partial charge on any atom is -0.0842 e. The maximum Gasteiger partial charge on any atom is 0.0713 e. The number of allylic oxidation sites excluding steroid dienone is 20. The highest BCUT2D eigenvalue weighted by molar-refractivity contribution is 5.89. The summed E-state index contributed by atoms with van der Waals surface area (Å²) in [4.78, 5) is 0. The zero-order valence-electron chi connectivity index (χ0n) is 35.9. The lowest BCUT2D eigenvalue weighted by atomic mass is 9.66. The molecule has 7 aliphatic carbocycles. The van der Waals surface area contributed by atoms with E-state index in [0.29, 0.717) is 5.92 Å². The van der Waals surface area contributed by atoms with Gasteiger partial charge in [-0.15, -0.1) is 0 Å². The van der Waals surface area contributed by atoms with Crippen molar-refractivity contribution in [3.8, 4) is 11.1 Å². The van der Waals surface area contributed by atoms with Crippen molar-refractivity contribution in [2.24, 2.45) is 17.8 Å². The van der Waals surface area contributed by atoms with Gasteiger partial charge in [0.1, 0.15) is 0 Å². The van der Waals surface area contributed by atoms with Crippen LogP contribution in [0.4, 0.5) is 0 Å². The smallest absolute Gasteiger partial charge is 0.0713 e. The third-order valence-electron chi connectivity index (χ3n) is 15.1. The summed E-state index contributed by atoms with van der Waals surface area (Å²) in [5.41, 5.74) is 20.7. The summed E-state index contributed by atoms with van der Waals surface area (Å²) < 4.78 is 0. The zero-order chi connectivity index (χ0) is 41.7. The van der Waals surface area contributed by atoms with E-state index >= 15 is 0 Å². The Kier molecular flexibility index (Phi) is 9.55. The Morgan fingerprint density at radius 2 is 1.10 bits per heavy atom. The molecule has 304 valence electrons. The van der Waals surface area contributed by atoms with Gasteiger partial charge in [-0.3, -0.25) is 0 Å². The molecule has 0 amide bonds. The molecule has 63 heavy (non-hydrogen) atoms. The second-order valence-corrected chi connectivity index (χ2v) is 18.4. The van der Waals surface area contributed by atoms with E-state index in [4.69, 9.17) is 0 Å². The fourth-order valence-electron chi connectivity index (χ4n) is 12.1. The molecule has 0 aromatic heterocycles. The van der Waals surface area contributed by atoms with Gasteiger partial charge in [0.05, 0.1) is 5.41 Å². The van der Waals surface area contributed by atoms with Crippen LogP contribution in [0.25, 0.3) is 22.3 Å². The standard InChI is InChI=1S/C63H52/c1-3-17-51(18-4-1)63(52-19-5-2-6-20-52)59-26-14-13-21-53(59)54-40-39-50(42-60(54)63)62-57-24-11-9-22-55(57)61(56-23-10-12-25-58(56)62)47-35-31-44(32-36-47)28-27-43-29-33-46(34-30-43)49-38-37-45-15-7-8-16-48(45)41-49/h1-7,9-15,17-29,31,33,35,37-40,42,48,55,57H,8,16,30,32,34,36,41H2. The van der Waals surface area contributed by atoms with Crippen molar-refractivity contribution in [3.63, 3.8) is 0 Å². The topological polar surface area (TPSA) is 0 Å². The molecule has 0 heteroatoms. The molecule has 3 unspecified atom stereocenters. The van der Waals surface area contributed by atoms with Crippen molar-refractivity contribution in [2.45, 2.75) is 50.4 Å². The van der Waals surface area contributed by atoms with Crippen LogP contribution >= 0.6 is 0 Å². The van der Waals surface area contributed by atoms with Gasteiger partial charge in [-0.1, -0.05) is 206 Å². The molecule has 0 aliphatic heterocycles. The Bertz CT molecular complexity index is 3080. The summed E-state index contributed by atoms with van der Waals surface area (Å²) in [6.45, 7) is 0. The molecule has 0 N–H and O–H groups in total. The molecule has 3 atom stereocenters. The second-order valence-electron chi connectivity index (χ2n) is 18.4. The first-order valence-corrected chi connectivity index (χ1v) is 23.3. The number of rotatable bonds is 7. The van der Waals surface area contributed by atoms with E-state index in [1.165, 1.54) is 108 Å². The Balaban J connectivity index is 0.926. The van der Waals surface area contributed by atoms with Crippen molar-refractivity contribution >= 4 is 11.1 Å². The van der Waals surface area contributed by atoms with E-state index in [0.717, 1.165) is 25.7 Å². The normalized spacial score (nSPS) is 22.7. The number of hydrogen-bond donors (Lipinski definition) is 0. The van der Waals surface area contributed by atoms with Crippen molar-refractivity contribution < 1.29 is 0 Å². The molecule has 5 aromatic rings. The van der Waals surface area contributed by atoms with Gasteiger partial charge in [0.25, 0.3) is 0 Å². The van der Waals surface area contributed by atoms with Crippen LogP contribution in [0.1, 0.15) is 72.8 Å². The van der Waals surface area contributed by atoms with Gasteiger partial charge in [0.15, 0.2) is 0 Å². The van der Waals surface area contributed by atoms with Crippen molar-refractivity contribution in [1.29, 1.82) is 0 Å². The largest absolute Gasteiger partial charge is 0.0842 e. The second kappa shape index (κ2) is 15.9. The maximum atomic E-state index is 2.56. The van der Waals surface area contributed by atoms with Crippen molar-refractivity contribution in [2.75, 3.05) is 0 Å². The summed E-state index contributed by atoms with van der Waals surface area (Å²) in [7, 11) is 0. The van der Waals surface area contributed by atoms with Gasteiger partial charge in [-0.25, -0.2) is 0 Å². The van der Waals surface area contributed by atoms with E-state index in [-0.39, 0.29) is 11.8 Å². The fraction of sp³-hybridized carbons (Fsp3) is 0.175. The molecule has 0 fully saturated rings. The van der Waals surface area contributed by atoms with Crippen LogP contribution in [0.3, 0.4) is 0 Å². The minimum atomic E-state index is -0.432. The van der Waals surface area contributed by atoms with Gasteiger partial charge < -0.3 is 0 Å². The number of fused-ring (bicyclic) bond motifs is 6. The van der Waals surface area contributed by atoms with Crippen molar-refractivity contribution in [3.05, 3.63) is 284 Å². The minimum absolute atomic E-state index is 0.230. The molecule has 0 saturated heterocycles. The maximum absolute atomic E-state index is 2.56. The van der Waals surface area contributed by atoms with Crippen LogP contribution in [0, 0.1) is 17.8 Å². The molecular weight excluding hydrogens is 757 g/mol. The van der Waals surface area contributed by atoms with Gasteiger partial charge in [-0.2, -0.15) is 0 Å². The van der Waals surface area contributed by atoms with Gasteiger partial charge in [-0.05, 0) is 151 Å². The summed E-state index contributed by atoms with van der Waals surface area (Å²) in [5.74, 6) is 1.20. The lowest BCUT2D eigenvalue weighted by Gasteiger charge is -2.36. The first-order valence-electron chi connectivity index (χ1n) is 23.3. The molecular formula is C63H52. The number of hydrogen-bond acceptors (Lipinski definition) is 0. The number of benzene rings is 5. The van der Waals surface area contributed by atoms with E-state index < -0.39 is 5.41 Å². The Morgan fingerprint density at radius 3 is 1.79 bits per heavy atom. The molecule has 0 heterocycles. The highest BCUT2D eigenvalue weighted by Crippen LogP contribution is 2.57. The molecule has 0 spiro atoms. The first kappa shape index (κ1) is 38.0. The summed E-state index contributed by atoms with van der Waals surface area (Å²) in [6, 6.07) is 48.1. The Morgan fingerprint density at radius 1 is 0.492 bits per heavy atom. The third kappa shape index (κ3) is 6.41. The monoisotopic (exact) mass is 808 g/mol. The SMILES string of the molecule is C1=CC2C(C3=CC=C(C=CC4=CC=C(C5=CC=C6C=CCCC6C5)CC4)CC3)=c3ccccc3=C(c3ccc4c(c3)C(c3ccccc3)(c3ccccc3)c3ccccc3-4)C2C=C1. The van der Waals surface area contributed by atoms with E-state index in [9.17, 15) is 0 Å². The van der Waals surface area contributed by atoms with Crippen LogP contribution in [-0.4, -0.2) is 0 Å². The quantitative estimate of drug-likeness (QED) is 0.151. The van der Waals surface area contributed by atoms with Gasteiger partial charge >= 0.3 is 0 Å². The third-order valence-corrected chi connectivity index (χ3v) is 15.1. The lowest BCUT2D eigenvalue weighted by Crippen LogP contribution is -2.40. The molecule has 0 bridgehead atoms. The fourth-order valence-corrected chi connectivity index (χ4v) is 12.1. The molecule has 0 nitrogen and oxygen atoms in total. The average Bonchev–Trinajstić information content (AvgIpc) is 3.66. The summed E-state index contributed by atoms with van der Waals surface area (Å²) >= 11 is 0. The van der Waals surface area contributed by atoms with Crippen LogP contribution in [0.2, 0.25) is 0 Å². The van der Waals surface area contributed by atoms with Crippen LogP contribution in [-0.2, 0) is 5.41 Å². The molecule has 0 saturated carbocycles. The molecule has 5 aromatic carbocycles. The van der Waals surface area contributed by atoms with Crippen molar-refractivity contribution in [1.82, 2.24) is 0 Å². The van der Waals surface area contributed by atoms with Gasteiger partial charge in [0, 0.05) is 11.8 Å². The highest BCUT2D eigenvalue weighted by atomic mass is 14.5. The van der Waals surface area contributed by atoms with E-state index in [1.54, 1.807) is 5.57 Å². The highest BCUT2D eigenvalue weighted by Gasteiger charge is 2.46. The Labute approximate surface area is 372 Å². The van der Waals surface area contributed by atoms with E-state index in [1.807, 2.05) is 0 Å². The lowest BCUT2D eigenvalue weighted by molar-refractivity contribution is 0.552. The molecule has 12 rings (SSSR count). The predicted octanol–water partition coefficient (Wildman–Crippen LogP) is 13.8. The predicted molar refractivity (Wildman–Crippen MR) is 263 cm³/mol. The molecule has 7 aliphatic rings. The first-order chi connectivity index (χ1) is 31.2. The summed E-state index contributed by atoms with van der Waals surface area (Å²) in [5, 5.41) is 2.74. The van der Waals surface area contributed by atoms with Crippen LogP contribution < -0.4 is 10.4 Å². The molecule has 0 radical (unpaired) electrons. The van der Waals surface area contributed by atoms with E-state index in [2.05, 4.69) is 212 Å². The zero-order valence-corrected chi connectivity index (χ0v) is 35.9. The van der Waals surface area contributed by atoms with Crippen LogP contribution in [0.15, 0.2) is 246 Å².